The Morgan fingerprint density at radius 3 is 2.57 bits per heavy atom. The minimum atomic E-state index is -2.50. The summed E-state index contributed by atoms with van der Waals surface area (Å²) >= 11 is 0. The lowest BCUT2D eigenvalue weighted by Gasteiger charge is -2.31. The van der Waals surface area contributed by atoms with Crippen LogP contribution in [0.4, 0.5) is 14.6 Å². The summed E-state index contributed by atoms with van der Waals surface area (Å²) in [6.07, 6.45) is 2.24. The van der Waals surface area contributed by atoms with E-state index in [1.807, 2.05) is 12.1 Å². The highest BCUT2D eigenvalue weighted by Gasteiger charge is 2.33. The Labute approximate surface area is 175 Å². The number of piperazine rings is 1. The minimum absolute atomic E-state index is 0.0541. The Morgan fingerprint density at radius 2 is 1.83 bits per heavy atom. The summed E-state index contributed by atoms with van der Waals surface area (Å²) in [5, 5.41) is 4.29. The molecule has 3 heterocycles. The highest BCUT2D eigenvalue weighted by molar-refractivity contribution is 5.92. The van der Waals surface area contributed by atoms with E-state index in [1.165, 1.54) is 0 Å². The molecule has 2 aliphatic heterocycles. The van der Waals surface area contributed by atoms with Crippen molar-refractivity contribution in [2.24, 2.45) is 0 Å². The Morgan fingerprint density at radius 1 is 1.07 bits per heavy atom. The molecule has 1 aromatic heterocycles. The monoisotopic (exact) mass is 421 g/mol. The fourth-order valence-corrected chi connectivity index (χ4v) is 4.03. The number of hydrogen-bond donors (Lipinski definition) is 1. The second-order valence-corrected chi connectivity index (χ2v) is 7.85. The fourth-order valence-electron chi connectivity index (χ4n) is 4.03. The number of halogens is 2. The summed E-state index contributed by atoms with van der Waals surface area (Å²) in [6.45, 7) is 5.78. The largest absolute Gasteiger partial charge is 0.493 e. The lowest BCUT2D eigenvalue weighted by atomic mass is 10.1. The third-order valence-electron chi connectivity index (χ3n) is 5.78. The Balaban J connectivity index is 1.40. The lowest BCUT2D eigenvalue weighted by molar-refractivity contribution is -0.0554. The SMILES string of the molecule is COc1cc2c(N3CCNCC3)ncnc2cc1OCCCN1CCC(F)(F)CC1. The molecule has 0 amide bonds. The van der Waals surface area contributed by atoms with Gasteiger partial charge in [-0.3, -0.25) is 0 Å². The first kappa shape index (κ1) is 21.0. The predicted molar refractivity (Wildman–Crippen MR) is 112 cm³/mol. The van der Waals surface area contributed by atoms with Crippen molar-refractivity contribution in [1.29, 1.82) is 0 Å². The quantitative estimate of drug-likeness (QED) is 0.690. The summed E-state index contributed by atoms with van der Waals surface area (Å²) in [4.78, 5) is 13.3. The van der Waals surface area contributed by atoms with Crippen LogP contribution in [-0.2, 0) is 0 Å². The van der Waals surface area contributed by atoms with Gasteiger partial charge in [-0.2, -0.15) is 0 Å². The molecular formula is C21H29F2N5O2. The first-order valence-electron chi connectivity index (χ1n) is 10.6. The maximum atomic E-state index is 13.3. The molecule has 30 heavy (non-hydrogen) atoms. The molecule has 2 fully saturated rings. The number of ether oxygens (including phenoxy) is 2. The third-order valence-corrected chi connectivity index (χ3v) is 5.78. The molecule has 0 spiro atoms. The van der Waals surface area contributed by atoms with Gasteiger partial charge in [0.1, 0.15) is 12.1 Å². The van der Waals surface area contributed by atoms with E-state index in [-0.39, 0.29) is 12.8 Å². The van der Waals surface area contributed by atoms with Crippen LogP contribution >= 0.6 is 0 Å². The zero-order valence-electron chi connectivity index (χ0n) is 17.4. The number of anilines is 1. The van der Waals surface area contributed by atoms with Gasteiger partial charge in [0.2, 0.25) is 0 Å². The molecule has 0 aliphatic carbocycles. The molecule has 0 unspecified atom stereocenters. The van der Waals surface area contributed by atoms with Gasteiger partial charge in [0.25, 0.3) is 5.92 Å². The van der Waals surface area contributed by atoms with Crippen LogP contribution in [-0.4, -0.2) is 80.3 Å². The molecule has 1 N–H and O–H groups in total. The van der Waals surface area contributed by atoms with Gasteiger partial charge in [-0.1, -0.05) is 0 Å². The number of fused-ring (bicyclic) bond motifs is 1. The number of likely N-dealkylation sites (tertiary alicyclic amines) is 1. The van der Waals surface area contributed by atoms with E-state index in [0.29, 0.717) is 31.2 Å². The standard InChI is InChI=1S/C21H29F2N5O2/c1-29-18-13-16-17(25-15-26-20(16)28-10-5-24-6-11-28)14-19(18)30-12-2-7-27-8-3-21(22,23)4-9-27/h13-15,24H,2-12H2,1H3. The zero-order chi connectivity index (χ0) is 21.0. The first-order chi connectivity index (χ1) is 14.6. The summed E-state index contributed by atoms with van der Waals surface area (Å²) in [5.41, 5.74) is 0.813. The molecule has 9 heteroatoms. The van der Waals surface area contributed by atoms with Gasteiger partial charge in [-0.15, -0.1) is 0 Å². The van der Waals surface area contributed by atoms with Gasteiger partial charge >= 0.3 is 0 Å². The molecule has 2 saturated heterocycles. The molecule has 0 radical (unpaired) electrons. The van der Waals surface area contributed by atoms with Gasteiger partial charge in [-0.25, -0.2) is 18.7 Å². The van der Waals surface area contributed by atoms with Crippen molar-refractivity contribution < 1.29 is 18.3 Å². The second kappa shape index (κ2) is 9.26. The maximum Gasteiger partial charge on any atom is 0.250 e. The first-order valence-corrected chi connectivity index (χ1v) is 10.6. The van der Waals surface area contributed by atoms with E-state index < -0.39 is 5.92 Å². The van der Waals surface area contributed by atoms with Crippen LogP contribution < -0.4 is 19.7 Å². The molecule has 0 bridgehead atoms. The predicted octanol–water partition coefficient (Wildman–Crippen LogP) is 2.55. The number of benzene rings is 1. The average molecular weight is 421 g/mol. The third kappa shape index (κ3) is 4.89. The zero-order valence-corrected chi connectivity index (χ0v) is 17.4. The number of methoxy groups -OCH3 is 1. The summed E-state index contributed by atoms with van der Waals surface area (Å²) in [5.74, 6) is -0.309. The van der Waals surface area contributed by atoms with Crippen LogP contribution in [0.3, 0.4) is 0 Å². The Kier molecular flexibility index (Phi) is 6.48. The minimum Gasteiger partial charge on any atom is -0.493 e. The van der Waals surface area contributed by atoms with Gasteiger partial charge in [0, 0.05) is 70.1 Å². The number of alkyl halides is 2. The van der Waals surface area contributed by atoms with Crippen molar-refractivity contribution in [1.82, 2.24) is 20.2 Å². The van der Waals surface area contributed by atoms with Crippen LogP contribution in [0.5, 0.6) is 11.5 Å². The highest BCUT2D eigenvalue weighted by atomic mass is 19.3. The molecule has 2 aliphatic rings. The number of nitrogens with one attached hydrogen (secondary N) is 1. The number of aromatic nitrogens is 2. The summed E-state index contributed by atoms with van der Waals surface area (Å²) < 4.78 is 38.1. The smallest absolute Gasteiger partial charge is 0.250 e. The van der Waals surface area contributed by atoms with Gasteiger partial charge in [0.05, 0.1) is 19.2 Å². The molecule has 0 saturated carbocycles. The molecule has 0 atom stereocenters. The lowest BCUT2D eigenvalue weighted by Crippen LogP contribution is -2.44. The molecule has 2 aromatic rings. The van der Waals surface area contributed by atoms with E-state index in [0.717, 1.165) is 55.9 Å². The highest BCUT2D eigenvalue weighted by Crippen LogP contribution is 2.35. The molecule has 4 rings (SSSR count). The number of nitrogens with zero attached hydrogens (tertiary/aromatic N) is 4. The topological polar surface area (TPSA) is 62.8 Å². The van der Waals surface area contributed by atoms with Gasteiger partial charge in [0.15, 0.2) is 11.5 Å². The van der Waals surface area contributed by atoms with E-state index in [2.05, 4.69) is 25.1 Å². The van der Waals surface area contributed by atoms with E-state index in [4.69, 9.17) is 9.47 Å². The number of piperidine rings is 1. The van der Waals surface area contributed by atoms with Crippen LogP contribution in [0.15, 0.2) is 18.5 Å². The number of hydrogen-bond acceptors (Lipinski definition) is 7. The van der Waals surface area contributed by atoms with Gasteiger partial charge < -0.3 is 24.6 Å². The van der Waals surface area contributed by atoms with Crippen molar-refractivity contribution in [3.8, 4) is 11.5 Å². The van der Waals surface area contributed by atoms with Gasteiger partial charge in [-0.05, 0) is 12.5 Å². The molecular weight excluding hydrogens is 392 g/mol. The Bertz CT molecular complexity index is 851. The van der Waals surface area contributed by atoms with Crippen molar-refractivity contribution in [3.05, 3.63) is 18.5 Å². The van der Waals surface area contributed by atoms with Crippen LogP contribution in [0.2, 0.25) is 0 Å². The van der Waals surface area contributed by atoms with E-state index in [1.54, 1.807) is 13.4 Å². The van der Waals surface area contributed by atoms with Crippen molar-refractivity contribution in [3.63, 3.8) is 0 Å². The maximum absolute atomic E-state index is 13.3. The summed E-state index contributed by atoms with van der Waals surface area (Å²) in [7, 11) is 1.62. The fraction of sp³-hybridized carbons (Fsp3) is 0.619. The van der Waals surface area contributed by atoms with Crippen molar-refractivity contribution in [2.45, 2.75) is 25.2 Å². The van der Waals surface area contributed by atoms with Crippen LogP contribution in [0, 0.1) is 0 Å². The Hall–Kier alpha value is -2.26. The number of rotatable bonds is 7. The molecule has 7 nitrogen and oxygen atoms in total. The van der Waals surface area contributed by atoms with E-state index in [9.17, 15) is 8.78 Å². The van der Waals surface area contributed by atoms with Crippen LogP contribution in [0.1, 0.15) is 19.3 Å². The van der Waals surface area contributed by atoms with Crippen molar-refractivity contribution in [2.75, 3.05) is 64.4 Å². The summed E-state index contributed by atoms with van der Waals surface area (Å²) in [6, 6.07) is 3.83. The molecule has 1 aromatic carbocycles. The van der Waals surface area contributed by atoms with Crippen LogP contribution in [0.25, 0.3) is 10.9 Å². The van der Waals surface area contributed by atoms with Crippen molar-refractivity contribution >= 4 is 16.7 Å². The molecule has 164 valence electrons. The average Bonchev–Trinajstić information content (AvgIpc) is 2.77. The van der Waals surface area contributed by atoms with E-state index >= 15 is 0 Å². The normalized spacial score (nSPS) is 19.8. The second-order valence-electron chi connectivity index (χ2n) is 7.85.